The van der Waals surface area contributed by atoms with Crippen LogP contribution in [0, 0.1) is 6.92 Å². The fourth-order valence-corrected chi connectivity index (χ4v) is 2.42. The molecule has 18 heavy (non-hydrogen) atoms. The van der Waals surface area contributed by atoms with Crippen LogP contribution in [0.2, 0.25) is 5.02 Å². The van der Waals surface area contributed by atoms with E-state index in [2.05, 4.69) is 5.32 Å². The molecule has 0 amide bonds. The standard InChI is InChI=1S/C14H20ClNO2/c1-10-4-5-11(15)14(9-10)18-8-6-13(17)12-3-2-7-16-12/h4-5,9,12-13,16-17H,2-3,6-8H2,1H3. The van der Waals surface area contributed by atoms with Crippen LogP contribution in [0.25, 0.3) is 0 Å². The van der Waals surface area contributed by atoms with E-state index in [1.807, 2.05) is 25.1 Å². The van der Waals surface area contributed by atoms with Gasteiger partial charge in [0.1, 0.15) is 5.75 Å². The quantitative estimate of drug-likeness (QED) is 0.863. The first kappa shape index (κ1) is 13.7. The van der Waals surface area contributed by atoms with E-state index in [1.54, 1.807) is 0 Å². The summed E-state index contributed by atoms with van der Waals surface area (Å²) in [5.74, 6) is 0.697. The molecule has 0 bridgehead atoms. The molecule has 2 unspecified atom stereocenters. The molecule has 1 aromatic rings. The van der Waals surface area contributed by atoms with Crippen molar-refractivity contribution in [2.75, 3.05) is 13.2 Å². The molecular weight excluding hydrogens is 250 g/mol. The number of ether oxygens (including phenoxy) is 1. The summed E-state index contributed by atoms with van der Waals surface area (Å²) in [6, 6.07) is 5.93. The van der Waals surface area contributed by atoms with Crippen LogP contribution < -0.4 is 10.1 Å². The maximum atomic E-state index is 9.98. The van der Waals surface area contributed by atoms with Gasteiger partial charge in [-0.2, -0.15) is 0 Å². The van der Waals surface area contributed by atoms with Crippen molar-refractivity contribution in [3.8, 4) is 5.75 Å². The molecule has 1 heterocycles. The number of benzene rings is 1. The molecule has 1 saturated heterocycles. The number of aliphatic hydroxyl groups is 1. The Morgan fingerprint density at radius 3 is 3.11 bits per heavy atom. The summed E-state index contributed by atoms with van der Waals surface area (Å²) in [5, 5.41) is 13.9. The first-order valence-corrected chi connectivity index (χ1v) is 6.85. The molecule has 1 aliphatic heterocycles. The van der Waals surface area contributed by atoms with E-state index in [-0.39, 0.29) is 12.1 Å². The first-order valence-electron chi connectivity index (χ1n) is 6.47. The highest BCUT2D eigenvalue weighted by atomic mass is 35.5. The van der Waals surface area contributed by atoms with E-state index in [4.69, 9.17) is 16.3 Å². The van der Waals surface area contributed by atoms with Crippen LogP contribution in [-0.2, 0) is 0 Å². The predicted octanol–water partition coefficient (Wildman–Crippen LogP) is 2.53. The number of aliphatic hydroxyl groups excluding tert-OH is 1. The fourth-order valence-electron chi connectivity index (χ4n) is 2.25. The van der Waals surface area contributed by atoms with Crippen LogP contribution in [0.15, 0.2) is 18.2 Å². The molecule has 0 aromatic heterocycles. The van der Waals surface area contributed by atoms with E-state index in [0.29, 0.717) is 23.8 Å². The van der Waals surface area contributed by atoms with Gasteiger partial charge in [-0.1, -0.05) is 17.7 Å². The molecule has 1 fully saturated rings. The summed E-state index contributed by atoms with van der Waals surface area (Å²) in [5.41, 5.74) is 1.12. The van der Waals surface area contributed by atoms with Gasteiger partial charge in [0.2, 0.25) is 0 Å². The third-order valence-electron chi connectivity index (χ3n) is 3.32. The van der Waals surface area contributed by atoms with Gasteiger partial charge in [-0.05, 0) is 44.0 Å². The van der Waals surface area contributed by atoms with Gasteiger partial charge in [0, 0.05) is 12.5 Å². The number of nitrogens with one attached hydrogen (secondary N) is 1. The highest BCUT2D eigenvalue weighted by Crippen LogP contribution is 2.25. The van der Waals surface area contributed by atoms with Gasteiger partial charge in [0.15, 0.2) is 0 Å². The Kier molecular flexibility index (Phi) is 4.87. The maximum absolute atomic E-state index is 9.98. The van der Waals surface area contributed by atoms with Crippen molar-refractivity contribution in [1.29, 1.82) is 0 Å². The van der Waals surface area contributed by atoms with E-state index in [0.717, 1.165) is 24.9 Å². The normalized spacial score (nSPS) is 20.9. The lowest BCUT2D eigenvalue weighted by molar-refractivity contribution is 0.107. The Labute approximate surface area is 113 Å². The Morgan fingerprint density at radius 1 is 1.56 bits per heavy atom. The van der Waals surface area contributed by atoms with Crippen molar-refractivity contribution in [1.82, 2.24) is 5.32 Å². The number of halogens is 1. The molecule has 3 nitrogen and oxygen atoms in total. The van der Waals surface area contributed by atoms with Crippen molar-refractivity contribution < 1.29 is 9.84 Å². The first-order chi connectivity index (χ1) is 8.66. The number of hydrogen-bond donors (Lipinski definition) is 2. The van der Waals surface area contributed by atoms with Gasteiger partial charge in [0.05, 0.1) is 17.7 Å². The van der Waals surface area contributed by atoms with E-state index in [1.165, 1.54) is 0 Å². The minimum atomic E-state index is -0.337. The maximum Gasteiger partial charge on any atom is 0.138 e. The second-order valence-electron chi connectivity index (χ2n) is 4.84. The summed E-state index contributed by atoms with van der Waals surface area (Å²) >= 11 is 6.04. The number of rotatable bonds is 5. The highest BCUT2D eigenvalue weighted by molar-refractivity contribution is 6.32. The Balaban J connectivity index is 1.79. The molecule has 0 saturated carbocycles. The molecule has 2 N–H and O–H groups in total. The van der Waals surface area contributed by atoms with Crippen molar-refractivity contribution >= 4 is 11.6 Å². The zero-order valence-corrected chi connectivity index (χ0v) is 11.4. The van der Waals surface area contributed by atoms with Gasteiger partial charge in [-0.3, -0.25) is 0 Å². The largest absolute Gasteiger partial charge is 0.492 e. The fraction of sp³-hybridized carbons (Fsp3) is 0.571. The Hall–Kier alpha value is -0.770. The van der Waals surface area contributed by atoms with Gasteiger partial charge < -0.3 is 15.2 Å². The lowest BCUT2D eigenvalue weighted by Crippen LogP contribution is -2.35. The average molecular weight is 270 g/mol. The van der Waals surface area contributed by atoms with Crippen LogP contribution in [0.1, 0.15) is 24.8 Å². The predicted molar refractivity (Wildman–Crippen MR) is 73.3 cm³/mol. The molecular formula is C14H20ClNO2. The lowest BCUT2D eigenvalue weighted by atomic mass is 10.1. The molecule has 0 radical (unpaired) electrons. The van der Waals surface area contributed by atoms with Gasteiger partial charge >= 0.3 is 0 Å². The molecule has 1 aromatic carbocycles. The zero-order chi connectivity index (χ0) is 13.0. The smallest absolute Gasteiger partial charge is 0.138 e. The minimum Gasteiger partial charge on any atom is -0.492 e. The van der Waals surface area contributed by atoms with E-state index < -0.39 is 0 Å². The summed E-state index contributed by atoms with van der Waals surface area (Å²) in [6.07, 6.45) is 2.48. The molecule has 1 aliphatic rings. The summed E-state index contributed by atoms with van der Waals surface area (Å²) in [6.45, 7) is 3.50. The third-order valence-corrected chi connectivity index (χ3v) is 3.63. The van der Waals surface area contributed by atoms with Crippen LogP contribution >= 0.6 is 11.6 Å². The summed E-state index contributed by atoms with van der Waals surface area (Å²) < 4.78 is 5.63. The molecule has 4 heteroatoms. The van der Waals surface area contributed by atoms with Crippen molar-refractivity contribution in [3.63, 3.8) is 0 Å². The van der Waals surface area contributed by atoms with Crippen molar-refractivity contribution in [2.24, 2.45) is 0 Å². The van der Waals surface area contributed by atoms with E-state index in [9.17, 15) is 5.11 Å². The summed E-state index contributed by atoms with van der Waals surface area (Å²) in [4.78, 5) is 0. The lowest BCUT2D eigenvalue weighted by Gasteiger charge is -2.18. The molecule has 0 spiro atoms. The topological polar surface area (TPSA) is 41.5 Å². The summed E-state index contributed by atoms with van der Waals surface area (Å²) in [7, 11) is 0. The number of hydrogen-bond acceptors (Lipinski definition) is 3. The van der Waals surface area contributed by atoms with E-state index >= 15 is 0 Å². The second kappa shape index (κ2) is 6.41. The zero-order valence-electron chi connectivity index (χ0n) is 10.7. The third kappa shape index (κ3) is 3.61. The van der Waals surface area contributed by atoms with Crippen LogP contribution in [0.3, 0.4) is 0 Å². The number of aryl methyl sites for hydroxylation is 1. The van der Waals surface area contributed by atoms with Gasteiger partial charge in [-0.15, -0.1) is 0 Å². The van der Waals surface area contributed by atoms with Crippen LogP contribution in [0.4, 0.5) is 0 Å². The van der Waals surface area contributed by atoms with Crippen LogP contribution in [-0.4, -0.2) is 30.4 Å². The van der Waals surface area contributed by atoms with Crippen LogP contribution in [0.5, 0.6) is 5.75 Å². The monoisotopic (exact) mass is 269 g/mol. The van der Waals surface area contributed by atoms with Gasteiger partial charge in [0.25, 0.3) is 0 Å². The average Bonchev–Trinajstić information content (AvgIpc) is 2.87. The molecule has 100 valence electrons. The second-order valence-corrected chi connectivity index (χ2v) is 5.25. The van der Waals surface area contributed by atoms with Gasteiger partial charge in [-0.25, -0.2) is 0 Å². The minimum absolute atomic E-state index is 0.224. The highest BCUT2D eigenvalue weighted by Gasteiger charge is 2.22. The van der Waals surface area contributed by atoms with Crippen molar-refractivity contribution in [2.45, 2.75) is 38.3 Å². The molecule has 2 atom stereocenters. The molecule has 2 rings (SSSR count). The Bertz CT molecular complexity index is 391. The Morgan fingerprint density at radius 2 is 2.39 bits per heavy atom. The van der Waals surface area contributed by atoms with Crippen molar-refractivity contribution in [3.05, 3.63) is 28.8 Å². The molecule has 0 aliphatic carbocycles. The SMILES string of the molecule is Cc1ccc(Cl)c(OCCC(O)C2CCCN2)c1.